The van der Waals surface area contributed by atoms with Crippen molar-refractivity contribution in [2.24, 2.45) is 0 Å². The molecule has 0 unspecified atom stereocenters. The van der Waals surface area contributed by atoms with Crippen molar-refractivity contribution in [3.05, 3.63) is 194 Å². The van der Waals surface area contributed by atoms with Crippen LogP contribution in [0.25, 0.3) is 109 Å². The molecule has 0 aliphatic heterocycles. The third kappa shape index (κ3) is 5.06. The number of nitrogens with zero attached hydrogens (tertiary/aromatic N) is 4. The molecule has 0 saturated heterocycles. The Labute approximate surface area is 332 Å². The molecule has 0 spiro atoms. The van der Waals surface area contributed by atoms with Gasteiger partial charge in [0.2, 0.25) is 0 Å². The van der Waals surface area contributed by atoms with Crippen LogP contribution < -0.4 is 0 Å². The van der Waals surface area contributed by atoms with Crippen molar-refractivity contribution in [3.8, 4) is 45.3 Å². The normalized spacial score (nSPS) is 11.9. The van der Waals surface area contributed by atoms with Crippen molar-refractivity contribution in [2.75, 3.05) is 0 Å². The van der Waals surface area contributed by atoms with Crippen molar-refractivity contribution in [3.63, 3.8) is 0 Å². The summed E-state index contributed by atoms with van der Waals surface area (Å²) in [6, 6.07) is 69.6. The van der Waals surface area contributed by atoms with E-state index in [2.05, 4.69) is 203 Å². The average molecular weight is 745 g/mol. The van der Waals surface area contributed by atoms with Crippen LogP contribution in [-0.4, -0.2) is 19.1 Å². The van der Waals surface area contributed by atoms with Crippen LogP contribution in [0.1, 0.15) is 0 Å². The largest absolute Gasteiger partial charge is 0.309 e. The predicted octanol–water partition coefficient (Wildman–Crippen LogP) is 14.0. The minimum absolute atomic E-state index is 0.700. The van der Waals surface area contributed by atoms with Gasteiger partial charge in [0.05, 0.1) is 33.5 Å². The van der Waals surface area contributed by atoms with Gasteiger partial charge in [0.25, 0.3) is 0 Å². The van der Waals surface area contributed by atoms with E-state index >= 15 is 0 Å². The van der Waals surface area contributed by atoms with Gasteiger partial charge in [-0.2, -0.15) is 0 Å². The summed E-state index contributed by atoms with van der Waals surface area (Å²) in [5.74, 6) is 0.700. The minimum Gasteiger partial charge on any atom is -0.309 e. The molecule has 0 atom stereocenters. The molecule has 266 valence electrons. The highest BCUT2D eigenvalue weighted by Crippen LogP contribution is 2.40. The molecule has 4 aromatic heterocycles. The molecule has 0 N–H and O–H groups in total. The Bertz CT molecular complexity index is 3300. The van der Waals surface area contributed by atoms with E-state index in [1.165, 1.54) is 41.7 Å². The zero-order chi connectivity index (χ0) is 37.5. The number of para-hydroxylation sites is 4. The van der Waals surface area contributed by atoms with Crippen molar-refractivity contribution in [2.45, 2.75) is 0 Å². The lowest BCUT2D eigenvalue weighted by Gasteiger charge is -2.16. The molecule has 0 radical (unpaired) electrons. The van der Waals surface area contributed by atoms with E-state index in [1.54, 1.807) is 0 Å². The predicted molar refractivity (Wildman–Crippen MR) is 240 cm³/mol. The van der Waals surface area contributed by atoms with Crippen molar-refractivity contribution in [1.82, 2.24) is 19.1 Å². The Balaban J connectivity index is 1.15. The highest BCUT2D eigenvalue weighted by Gasteiger charge is 2.19. The van der Waals surface area contributed by atoms with Crippen LogP contribution in [-0.2, 0) is 0 Å². The summed E-state index contributed by atoms with van der Waals surface area (Å²) in [6.45, 7) is 0. The maximum Gasteiger partial charge on any atom is 0.160 e. The molecular weight excluding hydrogens is 713 g/mol. The van der Waals surface area contributed by atoms with Gasteiger partial charge in [0, 0.05) is 69.8 Å². The van der Waals surface area contributed by atoms with Gasteiger partial charge in [0.15, 0.2) is 5.82 Å². The van der Waals surface area contributed by atoms with Gasteiger partial charge >= 0.3 is 0 Å². The number of hydrogen-bond acceptors (Lipinski definition) is 3. The first-order valence-electron chi connectivity index (χ1n) is 19.2. The summed E-state index contributed by atoms with van der Waals surface area (Å²) in [5.41, 5.74) is 11.6. The smallest absolute Gasteiger partial charge is 0.160 e. The van der Waals surface area contributed by atoms with Crippen LogP contribution in [0.2, 0.25) is 0 Å². The van der Waals surface area contributed by atoms with E-state index in [1.807, 2.05) is 11.3 Å². The lowest BCUT2D eigenvalue weighted by molar-refractivity contribution is 1.13. The van der Waals surface area contributed by atoms with E-state index in [0.717, 1.165) is 61.5 Å². The second-order valence-corrected chi connectivity index (χ2v) is 15.7. The highest BCUT2D eigenvalue weighted by molar-refractivity contribution is 7.25. The van der Waals surface area contributed by atoms with E-state index < -0.39 is 0 Å². The average Bonchev–Trinajstić information content (AvgIpc) is 3.94. The molecule has 8 aromatic carbocycles. The topological polar surface area (TPSA) is 35.6 Å². The first-order valence-corrected chi connectivity index (χ1v) is 20.1. The summed E-state index contributed by atoms with van der Waals surface area (Å²) in [7, 11) is 0. The third-order valence-corrected chi connectivity index (χ3v) is 12.4. The Kier molecular flexibility index (Phi) is 7.06. The Morgan fingerprint density at radius 2 is 0.772 bits per heavy atom. The molecule has 12 aromatic rings. The van der Waals surface area contributed by atoms with Crippen molar-refractivity contribution in [1.29, 1.82) is 0 Å². The van der Waals surface area contributed by atoms with Gasteiger partial charge in [-0.15, -0.1) is 11.3 Å². The van der Waals surface area contributed by atoms with E-state index in [-0.39, 0.29) is 0 Å². The molecule has 0 aliphatic rings. The summed E-state index contributed by atoms with van der Waals surface area (Å²) in [4.78, 5) is 10.7. The van der Waals surface area contributed by atoms with Crippen LogP contribution in [0.4, 0.5) is 0 Å². The zero-order valence-electron chi connectivity index (χ0n) is 30.7. The van der Waals surface area contributed by atoms with Gasteiger partial charge in [0.1, 0.15) is 0 Å². The number of thiophene rings is 1. The third-order valence-electron chi connectivity index (χ3n) is 11.3. The lowest BCUT2D eigenvalue weighted by atomic mass is 10.0. The van der Waals surface area contributed by atoms with Crippen LogP contribution in [0.15, 0.2) is 194 Å². The number of fused-ring (bicyclic) bond motifs is 9. The minimum atomic E-state index is 0.700. The van der Waals surface area contributed by atoms with Gasteiger partial charge in [-0.05, 0) is 60.7 Å². The summed E-state index contributed by atoms with van der Waals surface area (Å²) in [5, 5.41) is 7.44. The van der Waals surface area contributed by atoms with Crippen LogP contribution in [0.3, 0.4) is 0 Å². The number of benzene rings is 8. The molecule has 0 bridgehead atoms. The molecular formula is C52H32N4S. The summed E-state index contributed by atoms with van der Waals surface area (Å²) >= 11 is 1.81. The lowest BCUT2D eigenvalue weighted by Crippen LogP contribution is -2.01. The molecule has 0 aliphatic carbocycles. The number of hydrogen-bond donors (Lipinski definition) is 0. The first kappa shape index (κ1) is 32.0. The van der Waals surface area contributed by atoms with E-state index in [9.17, 15) is 0 Å². The van der Waals surface area contributed by atoms with Crippen molar-refractivity contribution < 1.29 is 0 Å². The molecule has 0 amide bonds. The van der Waals surface area contributed by atoms with Crippen LogP contribution >= 0.6 is 11.3 Å². The van der Waals surface area contributed by atoms with Crippen molar-refractivity contribution >= 4 is 75.1 Å². The molecule has 12 rings (SSSR count). The molecule has 0 fully saturated rings. The standard InChI is InChI=1S/C52H32N4S/c1-2-14-33(15-3-1)44-32-45(54-52(53-44)34-26-27-43-42-20-8-13-25-50(42)57-51(43)30-34)35-28-36(55-46-21-9-4-16-38(46)39-17-5-10-22-47(39)55)31-37(29-35)56-48-23-11-6-18-40(48)41-19-7-12-24-49(41)56/h1-32H. The molecule has 5 heteroatoms. The first-order chi connectivity index (χ1) is 28.2. The zero-order valence-corrected chi connectivity index (χ0v) is 31.5. The fourth-order valence-electron chi connectivity index (χ4n) is 8.75. The fourth-order valence-corrected chi connectivity index (χ4v) is 9.89. The maximum atomic E-state index is 5.43. The van der Waals surface area contributed by atoms with E-state index in [4.69, 9.17) is 9.97 Å². The Morgan fingerprint density at radius 1 is 0.316 bits per heavy atom. The second kappa shape index (κ2) is 12.6. The van der Waals surface area contributed by atoms with Gasteiger partial charge in [-0.3, -0.25) is 0 Å². The highest BCUT2D eigenvalue weighted by atomic mass is 32.1. The molecule has 4 nitrogen and oxygen atoms in total. The SMILES string of the molecule is c1ccc(-c2cc(-c3cc(-n4c5ccccc5c5ccccc54)cc(-n4c5ccccc5c5ccccc54)c3)nc(-c3ccc4c(c3)sc3ccccc34)n2)cc1. The van der Waals surface area contributed by atoms with Crippen LogP contribution in [0, 0.1) is 0 Å². The fraction of sp³-hybridized carbons (Fsp3) is 0. The molecule has 57 heavy (non-hydrogen) atoms. The number of rotatable bonds is 5. The Morgan fingerprint density at radius 3 is 1.33 bits per heavy atom. The van der Waals surface area contributed by atoms with E-state index in [0.29, 0.717) is 5.82 Å². The summed E-state index contributed by atoms with van der Waals surface area (Å²) in [6.07, 6.45) is 0. The van der Waals surface area contributed by atoms with Gasteiger partial charge in [-0.25, -0.2) is 9.97 Å². The summed E-state index contributed by atoms with van der Waals surface area (Å²) < 4.78 is 7.32. The van der Waals surface area contributed by atoms with Gasteiger partial charge in [-0.1, -0.05) is 133 Å². The van der Waals surface area contributed by atoms with Gasteiger partial charge < -0.3 is 9.13 Å². The molecule has 4 heterocycles. The quantitative estimate of drug-likeness (QED) is 0.176. The monoisotopic (exact) mass is 744 g/mol. The molecule has 0 saturated carbocycles. The maximum absolute atomic E-state index is 5.43. The van der Waals surface area contributed by atoms with Crippen LogP contribution in [0.5, 0.6) is 0 Å². The Hall–Kier alpha value is -7.34. The second-order valence-electron chi connectivity index (χ2n) is 14.6. The number of aromatic nitrogens is 4.